The van der Waals surface area contributed by atoms with Crippen LogP contribution in [-0.2, 0) is 0 Å². The monoisotopic (exact) mass is 313 g/mol. The number of rotatable bonds is 2. The van der Waals surface area contributed by atoms with E-state index in [9.17, 15) is 5.26 Å². The number of nitriles is 2. The second-order valence-corrected chi connectivity index (χ2v) is 4.92. The third kappa shape index (κ3) is 2.70. The van der Waals surface area contributed by atoms with Gasteiger partial charge in [0.1, 0.15) is 17.5 Å². The third-order valence-corrected chi connectivity index (χ3v) is 3.41. The molecule has 0 saturated carbocycles. The molecule has 2 heterocycles. The Morgan fingerprint density at radius 1 is 0.875 bits per heavy atom. The summed E-state index contributed by atoms with van der Waals surface area (Å²) >= 11 is 0. The molecule has 7 nitrogen and oxygen atoms in total. The summed E-state index contributed by atoms with van der Waals surface area (Å²) in [5.74, 6) is 0.0569. The quantitative estimate of drug-likeness (QED) is 0.738. The molecule has 0 aliphatic rings. The lowest BCUT2D eigenvalue weighted by atomic mass is 10.0. The molecule has 0 saturated heterocycles. The van der Waals surface area contributed by atoms with Crippen molar-refractivity contribution in [2.45, 2.75) is 0 Å². The number of hydrogen-bond donors (Lipinski definition) is 2. The fourth-order valence-electron chi connectivity index (χ4n) is 2.27. The maximum absolute atomic E-state index is 9.25. The number of benzene rings is 1. The van der Waals surface area contributed by atoms with Crippen LogP contribution < -0.4 is 11.5 Å². The Bertz CT molecular complexity index is 995. The highest BCUT2D eigenvalue weighted by Crippen LogP contribution is 2.27. The Balaban J connectivity index is 2.05. The molecule has 0 amide bonds. The third-order valence-electron chi connectivity index (χ3n) is 3.41. The van der Waals surface area contributed by atoms with Crippen LogP contribution in [0.1, 0.15) is 11.1 Å². The molecule has 3 rings (SSSR count). The maximum Gasteiger partial charge on any atom is 0.222 e. The van der Waals surface area contributed by atoms with Gasteiger partial charge in [-0.2, -0.15) is 15.5 Å². The lowest BCUT2D eigenvalue weighted by Gasteiger charge is -2.07. The van der Waals surface area contributed by atoms with Crippen LogP contribution in [-0.4, -0.2) is 15.0 Å². The first-order valence-corrected chi connectivity index (χ1v) is 6.92. The molecule has 0 aliphatic heterocycles. The summed E-state index contributed by atoms with van der Waals surface area (Å²) in [5.41, 5.74) is 14.7. The predicted octanol–water partition coefficient (Wildman–Crippen LogP) is 2.11. The van der Waals surface area contributed by atoms with Gasteiger partial charge in [-0.25, -0.2) is 4.98 Å². The average molecular weight is 313 g/mol. The van der Waals surface area contributed by atoms with E-state index in [1.807, 2.05) is 18.2 Å². The zero-order valence-corrected chi connectivity index (χ0v) is 12.4. The molecule has 0 spiro atoms. The number of nitrogens with zero attached hydrogens (tertiary/aromatic N) is 5. The molecular formula is C17H11N7. The van der Waals surface area contributed by atoms with Gasteiger partial charge >= 0.3 is 0 Å². The predicted molar refractivity (Wildman–Crippen MR) is 89.0 cm³/mol. The Morgan fingerprint density at radius 3 is 2.25 bits per heavy atom. The summed E-state index contributed by atoms with van der Waals surface area (Å²) in [6.07, 6.45) is 1.58. The van der Waals surface area contributed by atoms with Crippen molar-refractivity contribution in [1.82, 2.24) is 15.0 Å². The van der Waals surface area contributed by atoms with Crippen molar-refractivity contribution in [3.8, 4) is 34.7 Å². The highest BCUT2D eigenvalue weighted by atomic mass is 15.0. The van der Waals surface area contributed by atoms with E-state index in [0.29, 0.717) is 22.5 Å². The van der Waals surface area contributed by atoms with Gasteiger partial charge < -0.3 is 11.5 Å². The molecule has 0 bridgehead atoms. The van der Waals surface area contributed by atoms with Gasteiger partial charge in [-0.1, -0.05) is 24.3 Å². The highest BCUT2D eigenvalue weighted by molar-refractivity contribution is 5.75. The minimum atomic E-state index is 0.00830. The van der Waals surface area contributed by atoms with Crippen LogP contribution >= 0.6 is 0 Å². The van der Waals surface area contributed by atoms with E-state index in [4.69, 9.17) is 16.7 Å². The Kier molecular flexibility index (Phi) is 3.76. The molecule has 0 aliphatic carbocycles. The van der Waals surface area contributed by atoms with E-state index >= 15 is 0 Å². The van der Waals surface area contributed by atoms with E-state index in [1.54, 1.807) is 30.5 Å². The topological polar surface area (TPSA) is 138 Å². The Morgan fingerprint density at radius 2 is 1.58 bits per heavy atom. The smallest absolute Gasteiger partial charge is 0.222 e. The van der Waals surface area contributed by atoms with Crippen molar-refractivity contribution >= 4 is 11.8 Å². The van der Waals surface area contributed by atoms with Crippen molar-refractivity contribution in [3.05, 3.63) is 53.7 Å². The van der Waals surface area contributed by atoms with Crippen LogP contribution in [0.15, 0.2) is 42.6 Å². The number of nitrogens with two attached hydrogens (primary N) is 2. The Labute approximate surface area is 137 Å². The summed E-state index contributed by atoms with van der Waals surface area (Å²) in [6.45, 7) is 0. The van der Waals surface area contributed by atoms with E-state index in [2.05, 4.69) is 21.0 Å². The van der Waals surface area contributed by atoms with E-state index in [1.165, 1.54) is 0 Å². The fraction of sp³-hybridized carbons (Fsp3) is 0. The minimum Gasteiger partial charge on any atom is -0.382 e. The van der Waals surface area contributed by atoms with Gasteiger partial charge in [0.2, 0.25) is 5.95 Å². The van der Waals surface area contributed by atoms with E-state index in [0.717, 1.165) is 5.56 Å². The number of anilines is 2. The van der Waals surface area contributed by atoms with Crippen molar-refractivity contribution in [2.75, 3.05) is 11.5 Å². The van der Waals surface area contributed by atoms with Gasteiger partial charge in [-0.3, -0.25) is 4.98 Å². The van der Waals surface area contributed by atoms with Crippen LogP contribution in [0.4, 0.5) is 11.8 Å². The normalized spacial score (nSPS) is 9.92. The van der Waals surface area contributed by atoms with Crippen LogP contribution in [0.5, 0.6) is 0 Å². The van der Waals surface area contributed by atoms with Crippen LogP contribution in [0.25, 0.3) is 22.5 Å². The number of nitrogen functional groups attached to an aromatic ring is 2. The van der Waals surface area contributed by atoms with Gasteiger partial charge in [-0.05, 0) is 12.1 Å². The van der Waals surface area contributed by atoms with E-state index in [-0.39, 0.29) is 17.3 Å². The van der Waals surface area contributed by atoms with Gasteiger partial charge in [0.05, 0.1) is 23.0 Å². The average Bonchev–Trinajstić information content (AvgIpc) is 2.61. The molecule has 1 aromatic carbocycles. The molecule has 0 fully saturated rings. The summed E-state index contributed by atoms with van der Waals surface area (Å²) in [6, 6.07) is 14.7. The van der Waals surface area contributed by atoms with Crippen LogP contribution in [0, 0.1) is 22.7 Å². The molecule has 114 valence electrons. The maximum atomic E-state index is 9.25. The minimum absolute atomic E-state index is 0.00830. The molecule has 4 N–H and O–H groups in total. The Hall–Kier alpha value is -3.97. The highest BCUT2D eigenvalue weighted by Gasteiger charge is 2.13. The van der Waals surface area contributed by atoms with Gasteiger partial charge in [0.15, 0.2) is 0 Å². The first kappa shape index (κ1) is 14.9. The zero-order valence-electron chi connectivity index (χ0n) is 12.4. The lowest BCUT2D eigenvalue weighted by Crippen LogP contribution is -2.04. The molecular weight excluding hydrogens is 302 g/mol. The summed E-state index contributed by atoms with van der Waals surface area (Å²) < 4.78 is 0. The summed E-state index contributed by atoms with van der Waals surface area (Å²) in [5, 5.41) is 18.2. The molecule has 3 aromatic rings. The fourth-order valence-corrected chi connectivity index (χ4v) is 2.27. The largest absolute Gasteiger partial charge is 0.382 e. The molecule has 7 heteroatoms. The molecule has 0 unspecified atom stereocenters. The molecule has 2 aromatic heterocycles. The summed E-state index contributed by atoms with van der Waals surface area (Å²) in [4.78, 5) is 12.2. The number of hydrogen-bond acceptors (Lipinski definition) is 7. The second-order valence-electron chi connectivity index (χ2n) is 4.92. The van der Waals surface area contributed by atoms with Gasteiger partial charge in [-0.15, -0.1) is 0 Å². The molecule has 24 heavy (non-hydrogen) atoms. The van der Waals surface area contributed by atoms with Gasteiger partial charge in [0.25, 0.3) is 0 Å². The zero-order chi connectivity index (χ0) is 17.1. The first-order chi connectivity index (χ1) is 11.6. The summed E-state index contributed by atoms with van der Waals surface area (Å²) in [7, 11) is 0. The van der Waals surface area contributed by atoms with Crippen LogP contribution in [0.2, 0.25) is 0 Å². The standard InChI is InChI=1S/C17H11N7/c18-8-10-5-6-22-14(7-10)11-1-3-12(4-2-11)15-13(9-19)16(20)24-17(21)23-15/h1-7H,(H4,20,21,23,24). The number of pyridine rings is 1. The molecule has 0 atom stereocenters. The second kappa shape index (κ2) is 6.03. The molecule has 0 radical (unpaired) electrons. The van der Waals surface area contributed by atoms with Crippen molar-refractivity contribution in [1.29, 1.82) is 10.5 Å². The first-order valence-electron chi connectivity index (χ1n) is 6.92. The number of aromatic nitrogens is 3. The van der Waals surface area contributed by atoms with Crippen molar-refractivity contribution in [2.24, 2.45) is 0 Å². The van der Waals surface area contributed by atoms with Crippen LogP contribution in [0.3, 0.4) is 0 Å². The SMILES string of the molecule is N#Cc1ccnc(-c2ccc(-c3nc(N)nc(N)c3C#N)cc2)c1. The van der Waals surface area contributed by atoms with Crippen molar-refractivity contribution < 1.29 is 0 Å². The van der Waals surface area contributed by atoms with E-state index < -0.39 is 0 Å². The van der Waals surface area contributed by atoms with Crippen molar-refractivity contribution in [3.63, 3.8) is 0 Å². The van der Waals surface area contributed by atoms with Gasteiger partial charge in [0, 0.05) is 17.3 Å². The lowest BCUT2D eigenvalue weighted by molar-refractivity contribution is 1.18.